The molecule has 0 aliphatic heterocycles. The van der Waals surface area contributed by atoms with E-state index in [1.165, 1.54) is 7.11 Å². The van der Waals surface area contributed by atoms with E-state index in [1.807, 2.05) is 0 Å². The fraction of sp³-hybridized carbons (Fsp3) is 0.500. The van der Waals surface area contributed by atoms with Crippen LogP contribution in [0.5, 0.6) is 0 Å². The first kappa shape index (κ1) is 6.95. The van der Waals surface area contributed by atoms with Crippen molar-refractivity contribution < 1.29 is 9.53 Å². The molecule has 0 saturated heterocycles. The van der Waals surface area contributed by atoms with Crippen LogP contribution in [-0.2, 0) is 9.53 Å². The summed E-state index contributed by atoms with van der Waals surface area (Å²) in [5, 5.41) is 0. The number of methoxy groups -OCH3 is 1. The van der Waals surface area contributed by atoms with Crippen LogP contribution in [0.1, 0.15) is 0 Å². The van der Waals surface area contributed by atoms with Gasteiger partial charge in [0.05, 0.1) is 7.11 Å². The molecule has 1 unspecified atom stereocenters. The number of hydrogen-bond acceptors (Lipinski definition) is 2. The van der Waals surface area contributed by atoms with Gasteiger partial charge in [-0.15, -0.1) is 0 Å². The summed E-state index contributed by atoms with van der Waals surface area (Å²) in [5.74, 6) is -0.458. The minimum Gasteiger partial charge on any atom is -0.468 e. The van der Waals surface area contributed by atoms with Crippen molar-refractivity contribution in [3.8, 4) is 0 Å². The van der Waals surface area contributed by atoms with E-state index in [0.29, 0.717) is 0 Å². The van der Waals surface area contributed by atoms with Crippen LogP contribution in [0, 0.1) is 6.92 Å². The average Bonchev–Trinajstić information content (AvgIpc) is 1.65. The summed E-state index contributed by atoms with van der Waals surface area (Å²) in [7, 11) is 1.28. The van der Waals surface area contributed by atoms with Gasteiger partial charge >= 0.3 is 5.97 Å². The van der Waals surface area contributed by atoms with E-state index in [-0.39, 0.29) is 0 Å². The Balaban J connectivity index is 3.35. The molecule has 2 radical (unpaired) electrons. The third-order valence-corrected chi connectivity index (χ3v) is 0.800. The molecule has 0 aliphatic carbocycles. The van der Waals surface area contributed by atoms with Gasteiger partial charge in [-0.3, -0.25) is 4.79 Å². The lowest BCUT2D eigenvalue weighted by atomic mass is 10.5. The van der Waals surface area contributed by atoms with Gasteiger partial charge in [0.25, 0.3) is 0 Å². The lowest BCUT2D eigenvalue weighted by molar-refractivity contribution is -0.138. The molecule has 2 nitrogen and oxygen atoms in total. The summed E-state index contributed by atoms with van der Waals surface area (Å²) < 4.78 is 4.20. The number of hydrogen-bond donors (Lipinski definition) is 0. The number of carbonyl (C=O) groups excluding carboxylic acids is 1. The number of ether oxygens (including phenoxy) is 1. The van der Waals surface area contributed by atoms with Gasteiger partial charge in [-0.05, 0) is 6.92 Å². The normalized spacial score (nSPS) is 13.0. The summed E-state index contributed by atoms with van der Waals surface area (Å²) in [6.45, 7) is 4.99. The number of rotatable bonds is 1. The van der Waals surface area contributed by atoms with E-state index in [4.69, 9.17) is 6.92 Å². The Morgan fingerprint density at radius 2 is 2.43 bits per heavy atom. The SMILES string of the molecule is [CH]C(Br)C(=O)OC. The third kappa shape index (κ3) is 2.62. The van der Waals surface area contributed by atoms with E-state index >= 15 is 0 Å². The quantitative estimate of drug-likeness (QED) is 0.420. The molecule has 0 fully saturated rings. The van der Waals surface area contributed by atoms with Crippen LogP contribution in [0.15, 0.2) is 0 Å². The van der Waals surface area contributed by atoms with Crippen LogP contribution in [0.25, 0.3) is 0 Å². The standard InChI is InChI=1S/C4H5BrO2/c1-3(5)4(6)7-2/h1,3H,2H3. The van der Waals surface area contributed by atoms with Gasteiger partial charge in [0.15, 0.2) is 0 Å². The Morgan fingerprint density at radius 3 is 2.43 bits per heavy atom. The van der Waals surface area contributed by atoms with Crippen LogP contribution in [0.4, 0.5) is 0 Å². The zero-order valence-electron chi connectivity index (χ0n) is 3.85. The summed E-state index contributed by atoms with van der Waals surface area (Å²) in [6.07, 6.45) is 0. The molecular weight excluding hydrogens is 160 g/mol. The predicted octanol–water partition coefficient (Wildman–Crippen LogP) is 0.634. The molecule has 3 heteroatoms. The second kappa shape index (κ2) is 3.02. The molecule has 0 aliphatic rings. The van der Waals surface area contributed by atoms with Crippen molar-refractivity contribution in [3.05, 3.63) is 6.92 Å². The zero-order chi connectivity index (χ0) is 5.86. The molecule has 0 aromatic heterocycles. The van der Waals surface area contributed by atoms with Crippen molar-refractivity contribution in [2.75, 3.05) is 7.11 Å². The Morgan fingerprint density at radius 1 is 2.00 bits per heavy atom. The fourth-order valence-corrected chi connectivity index (χ4v) is 0.299. The molecule has 0 amide bonds. The maximum atomic E-state index is 10.1. The minimum absolute atomic E-state index is 0.458. The molecular formula is C4H5BrO2. The number of halogens is 1. The van der Waals surface area contributed by atoms with E-state index in [0.717, 1.165) is 0 Å². The van der Waals surface area contributed by atoms with Crippen molar-refractivity contribution in [3.63, 3.8) is 0 Å². The largest absolute Gasteiger partial charge is 0.468 e. The molecule has 0 aromatic rings. The topological polar surface area (TPSA) is 26.3 Å². The van der Waals surface area contributed by atoms with Crippen LogP contribution >= 0.6 is 15.9 Å². The number of carbonyl (C=O) groups is 1. The van der Waals surface area contributed by atoms with Gasteiger partial charge in [0.1, 0.15) is 4.83 Å². The van der Waals surface area contributed by atoms with Gasteiger partial charge in [-0.2, -0.15) is 0 Å². The van der Waals surface area contributed by atoms with Crippen LogP contribution in [0.2, 0.25) is 0 Å². The maximum absolute atomic E-state index is 10.1. The summed E-state index contributed by atoms with van der Waals surface area (Å²) >= 11 is 2.80. The van der Waals surface area contributed by atoms with Gasteiger partial charge in [-0.1, -0.05) is 15.9 Å². The number of esters is 1. The van der Waals surface area contributed by atoms with Gasteiger partial charge in [0, 0.05) is 0 Å². The minimum atomic E-state index is -0.683. The van der Waals surface area contributed by atoms with E-state index in [2.05, 4.69) is 20.7 Å². The highest BCUT2D eigenvalue weighted by atomic mass is 79.9. The first-order valence-corrected chi connectivity index (χ1v) is 2.57. The van der Waals surface area contributed by atoms with Crippen LogP contribution < -0.4 is 0 Å². The highest BCUT2D eigenvalue weighted by Crippen LogP contribution is 1.96. The predicted molar refractivity (Wildman–Crippen MR) is 29.0 cm³/mol. The Bertz CT molecular complexity index is 70.1. The van der Waals surface area contributed by atoms with E-state index < -0.39 is 10.8 Å². The summed E-state index contributed by atoms with van der Waals surface area (Å²) in [4.78, 5) is 9.43. The first-order valence-electron chi connectivity index (χ1n) is 1.66. The molecule has 0 N–H and O–H groups in total. The molecule has 0 saturated carbocycles. The molecule has 0 bridgehead atoms. The highest BCUT2D eigenvalue weighted by molar-refractivity contribution is 9.10. The monoisotopic (exact) mass is 164 g/mol. The van der Waals surface area contributed by atoms with Crippen LogP contribution in [-0.4, -0.2) is 17.9 Å². The average molecular weight is 165 g/mol. The van der Waals surface area contributed by atoms with E-state index in [1.54, 1.807) is 0 Å². The Labute approximate surface area is 51.0 Å². The first-order chi connectivity index (χ1) is 3.18. The molecule has 7 heavy (non-hydrogen) atoms. The second-order valence-electron chi connectivity index (χ2n) is 0.925. The molecule has 40 valence electrons. The van der Waals surface area contributed by atoms with Crippen LogP contribution in [0.3, 0.4) is 0 Å². The smallest absolute Gasteiger partial charge is 0.319 e. The summed E-state index contributed by atoms with van der Waals surface area (Å²) in [6, 6.07) is 0. The third-order valence-electron chi connectivity index (χ3n) is 0.426. The van der Waals surface area contributed by atoms with Crippen molar-refractivity contribution in [1.29, 1.82) is 0 Å². The summed E-state index contributed by atoms with van der Waals surface area (Å²) in [5.41, 5.74) is 0. The van der Waals surface area contributed by atoms with Gasteiger partial charge < -0.3 is 4.74 Å². The number of alkyl halides is 1. The lowest BCUT2D eigenvalue weighted by Crippen LogP contribution is -2.10. The fourth-order valence-electron chi connectivity index (χ4n) is 0.113. The van der Waals surface area contributed by atoms with Crippen molar-refractivity contribution in [2.45, 2.75) is 4.83 Å². The molecule has 0 rings (SSSR count). The van der Waals surface area contributed by atoms with E-state index in [9.17, 15) is 4.79 Å². The highest BCUT2D eigenvalue weighted by Gasteiger charge is 2.05. The van der Waals surface area contributed by atoms with Gasteiger partial charge in [0.2, 0.25) is 0 Å². The molecule has 1 atom stereocenters. The second-order valence-corrected chi connectivity index (χ2v) is 1.91. The Kier molecular flexibility index (Phi) is 3.00. The van der Waals surface area contributed by atoms with Crippen molar-refractivity contribution in [1.82, 2.24) is 0 Å². The maximum Gasteiger partial charge on any atom is 0.319 e. The Hall–Kier alpha value is -0.0500. The van der Waals surface area contributed by atoms with Gasteiger partial charge in [-0.25, -0.2) is 0 Å². The zero-order valence-corrected chi connectivity index (χ0v) is 5.44. The molecule has 0 aromatic carbocycles. The van der Waals surface area contributed by atoms with Crippen molar-refractivity contribution in [2.24, 2.45) is 0 Å². The molecule has 0 heterocycles. The van der Waals surface area contributed by atoms with Crippen molar-refractivity contribution >= 4 is 21.9 Å². The lowest BCUT2D eigenvalue weighted by Gasteiger charge is -1.95. The molecule has 0 spiro atoms.